The maximum absolute atomic E-state index is 4.97. The molecule has 0 radical (unpaired) electrons. The van der Waals surface area contributed by atoms with Crippen molar-refractivity contribution in [3.63, 3.8) is 0 Å². The molecule has 1 aromatic heterocycles. The number of hydrogen-bond donors (Lipinski definition) is 0. The second-order valence-electron chi connectivity index (χ2n) is 2.53. The van der Waals surface area contributed by atoms with Crippen molar-refractivity contribution in [2.75, 3.05) is 30.9 Å². The Hall–Kier alpha value is -0.840. The number of alkyl halides is 1. The van der Waals surface area contributed by atoms with Crippen LogP contribution in [0.4, 0.5) is 5.82 Å². The fourth-order valence-electron chi connectivity index (χ4n) is 0.862. The SMILES string of the molecule is COc1cncc(N(C)CCBr)n1. The summed E-state index contributed by atoms with van der Waals surface area (Å²) in [7, 11) is 3.54. The van der Waals surface area contributed by atoms with Crippen molar-refractivity contribution < 1.29 is 4.74 Å². The predicted molar refractivity (Wildman–Crippen MR) is 55.6 cm³/mol. The molecule has 0 aliphatic heterocycles. The van der Waals surface area contributed by atoms with Gasteiger partial charge in [0.1, 0.15) is 0 Å². The molecule has 0 amide bonds. The molecule has 0 aliphatic rings. The Labute approximate surface area is 86.1 Å². The number of nitrogens with zero attached hydrogens (tertiary/aromatic N) is 3. The number of rotatable bonds is 4. The highest BCUT2D eigenvalue weighted by Gasteiger charge is 2.02. The Balaban J connectivity index is 2.75. The van der Waals surface area contributed by atoms with Gasteiger partial charge in [0.2, 0.25) is 5.88 Å². The molecule has 1 aromatic rings. The molecule has 0 aromatic carbocycles. The lowest BCUT2D eigenvalue weighted by atomic mass is 10.5. The summed E-state index contributed by atoms with van der Waals surface area (Å²) in [6.45, 7) is 0.891. The molecule has 0 atom stereocenters. The van der Waals surface area contributed by atoms with Gasteiger partial charge in [-0.25, -0.2) is 0 Å². The summed E-state index contributed by atoms with van der Waals surface area (Å²) < 4.78 is 4.97. The lowest BCUT2D eigenvalue weighted by Crippen LogP contribution is -2.20. The Morgan fingerprint density at radius 1 is 1.54 bits per heavy atom. The number of halogens is 1. The van der Waals surface area contributed by atoms with Crippen LogP contribution in [0, 0.1) is 0 Å². The van der Waals surface area contributed by atoms with Crippen molar-refractivity contribution in [3.8, 4) is 5.88 Å². The van der Waals surface area contributed by atoms with Crippen molar-refractivity contribution in [2.45, 2.75) is 0 Å². The van der Waals surface area contributed by atoms with Crippen LogP contribution in [-0.4, -0.2) is 36.0 Å². The van der Waals surface area contributed by atoms with Crippen LogP contribution in [0.15, 0.2) is 12.4 Å². The van der Waals surface area contributed by atoms with Gasteiger partial charge in [-0.1, -0.05) is 15.9 Å². The molecule has 0 N–H and O–H groups in total. The third-order valence-electron chi connectivity index (χ3n) is 1.62. The quantitative estimate of drug-likeness (QED) is 0.751. The van der Waals surface area contributed by atoms with Gasteiger partial charge in [0.05, 0.1) is 19.5 Å². The number of aromatic nitrogens is 2. The third kappa shape index (κ3) is 2.84. The van der Waals surface area contributed by atoms with E-state index in [1.807, 2.05) is 11.9 Å². The summed E-state index contributed by atoms with van der Waals surface area (Å²) in [4.78, 5) is 10.2. The third-order valence-corrected chi connectivity index (χ3v) is 1.97. The summed E-state index contributed by atoms with van der Waals surface area (Å²) in [6.07, 6.45) is 3.30. The highest BCUT2D eigenvalue weighted by Crippen LogP contribution is 2.11. The smallest absolute Gasteiger partial charge is 0.233 e. The van der Waals surface area contributed by atoms with Gasteiger partial charge in [-0.2, -0.15) is 4.98 Å². The van der Waals surface area contributed by atoms with E-state index in [2.05, 4.69) is 25.9 Å². The topological polar surface area (TPSA) is 38.2 Å². The van der Waals surface area contributed by atoms with Crippen LogP contribution in [0.1, 0.15) is 0 Å². The van der Waals surface area contributed by atoms with E-state index in [0.717, 1.165) is 17.7 Å². The largest absolute Gasteiger partial charge is 0.480 e. The molecule has 0 unspecified atom stereocenters. The summed E-state index contributed by atoms with van der Waals surface area (Å²) >= 11 is 3.36. The maximum atomic E-state index is 4.97. The molecule has 1 rings (SSSR count). The molecule has 5 heteroatoms. The highest BCUT2D eigenvalue weighted by atomic mass is 79.9. The average molecular weight is 246 g/mol. The minimum Gasteiger partial charge on any atom is -0.480 e. The first kappa shape index (κ1) is 10.2. The van der Waals surface area contributed by atoms with Gasteiger partial charge >= 0.3 is 0 Å². The van der Waals surface area contributed by atoms with Crippen LogP contribution in [0.3, 0.4) is 0 Å². The Kier molecular flexibility index (Phi) is 3.95. The van der Waals surface area contributed by atoms with Gasteiger partial charge in [0.15, 0.2) is 5.82 Å². The van der Waals surface area contributed by atoms with Crippen LogP contribution in [0.5, 0.6) is 5.88 Å². The summed E-state index contributed by atoms with van der Waals surface area (Å²) in [5, 5.41) is 0.905. The average Bonchev–Trinajstić information content (AvgIpc) is 2.18. The van der Waals surface area contributed by atoms with Crippen molar-refractivity contribution in [1.29, 1.82) is 0 Å². The lowest BCUT2D eigenvalue weighted by Gasteiger charge is -2.16. The fourth-order valence-corrected chi connectivity index (χ4v) is 1.39. The second kappa shape index (κ2) is 5.01. The normalized spacial score (nSPS) is 9.77. The first-order chi connectivity index (χ1) is 6.27. The van der Waals surface area contributed by atoms with Gasteiger partial charge < -0.3 is 9.64 Å². The van der Waals surface area contributed by atoms with Crippen LogP contribution in [0.2, 0.25) is 0 Å². The van der Waals surface area contributed by atoms with Crippen LogP contribution < -0.4 is 9.64 Å². The molecule has 0 spiro atoms. The molecule has 0 bridgehead atoms. The molecular formula is C8H12BrN3O. The van der Waals surface area contributed by atoms with Gasteiger partial charge in [0.25, 0.3) is 0 Å². The van der Waals surface area contributed by atoms with Gasteiger partial charge in [-0.05, 0) is 0 Å². The van der Waals surface area contributed by atoms with E-state index in [1.165, 1.54) is 0 Å². The van der Waals surface area contributed by atoms with Crippen molar-refractivity contribution in [1.82, 2.24) is 9.97 Å². The highest BCUT2D eigenvalue weighted by molar-refractivity contribution is 9.09. The molecule has 13 heavy (non-hydrogen) atoms. The number of ether oxygens (including phenoxy) is 1. The van der Waals surface area contributed by atoms with Crippen molar-refractivity contribution in [2.24, 2.45) is 0 Å². The first-order valence-corrected chi connectivity index (χ1v) is 5.03. The predicted octanol–water partition coefficient (Wildman–Crippen LogP) is 1.32. The number of methoxy groups -OCH3 is 1. The van der Waals surface area contributed by atoms with E-state index >= 15 is 0 Å². The minimum atomic E-state index is 0.541. The second-order valence-corrected chi connectivity index (χ2v) is 3.32. The van der Waals surface area contributed by atoms with Crippen molar-refractivity contribution >= 4 is 21.7 Å². The Bertz CT molecular complexity index is 269. The van der Waals surface area contributed by atoms with E-state index in [4.69, 9.17) is 4.74 Å². The molecule has 72 valence electrons. The molecule has 0 aliphatic carbocycles. The van der Waals surface area contributed by atoms with E-state index in [0.29, 0.717) is 5.88 Å². The zero-order valence-corrected chi connectivity index (χ0v) is 9.28. The standard InChI is InChI=1S/C8H12BrN3O/c1-12(4-3-9)7-5-10-6-8(11-7)13-2/h5-6H,3-4H2,1-2H3. The zero-order chi connectivity index (χ0) is 9.68. The Morgan fingerprint density at radius 2 is 2.31 bits per heavy atom. The van der Waals surface area contributed by atoms with E-state index in [-0.39, 0.29) is 0 Å². The van der Waals surface area contributed by atoms with Crippen molar-refractivity contribution in [3.05, 3.63) is 12.4 Å². The summed E-state index contributed by atoms with van der Waals surface area (Å²) in [6, 6.07) is 0. The zero-order valence-electron chi connectivity index (χ0n) is 7.70. The van der Waals surface area contributed by atoms with Gasteiger partial charge in [-0.15, -0.1) is 0 Å². The van der Waals surface area contributed by atoms with E-state index in [9.17, 15) is 0 Å². The number of anilines is 1. The molecule has 0 saturated heterocycles. The summed E-state index contributed by atoms with van der Waals surface area (Å²) in [5.41, 5.74) is 0. The van der Waals surface area contributed by atoms with Gasteiger partial charge in [-0.3, -0.25) is 4.98 Å². The summed E-state index contributed by atoms with van der Waals surface area (Å²) in [5.74, 6) is 1.36. The monoisotopic (exact) mass is 245 g/mol. The van der Waals surface area contributed by atoms with Crippen LogP contribution in [0.25, 0.3) is 0 Å². The van der Waals surface area contributed by atoms with E-state index in [1.54, 1.807) is 19.5 Å². The molecule has 4 nitrogen and oxygen atoms in total. The molecular weight excluding hydrogens is 234 g/mol. The van der Waals surface area contributed by atoms with Crippen LogP contribution in [-0.2, 0) is 0 Å². The lowest BCUT2D eigenvalue weighted by molar-refractivity contribution is 0.396. The maximum Gasteiger partial charge on any atom is 0.233 e. The molecule has 1 heterocycles. The fraction of sp³-hybridized carbons (Fsp3) is 0.500. The minimum absolute atomic E-state index is 0.541. The molecule has 0 saturated carbocycles. The number of hydrogen-bond acceptors (Lipinski definition) is 4. The Morgan fingerprint density at radius 3 is 2.92 bits per heavy atom. The van der Waals surface area contributed by atoms with Gasteiger partial charge in [0, 0.05) is 18.9 Å². The molecule has 0 fully saturated rings. The van der Waals surface area contributed by atoms with Crippen LogP contribution >= 0.6 is 15.9 Å². The first-order valence-electron chi connectivity index (χ1n) is 3.91. The van der Waals surface area contributed by atoms with E-state index < -0.39 is 0 Å².